The summed E-state index contributed by atoms with van der Waals surface area (Å²) in [6.45, 7) is 4.41. The molecule has 1 N–H and O–H groups in total. The zero-order valence-corrected chi connectivity index (χ0v) is 19.7. The summed E-state index contributed by atoms with van der Waals surface area (Å²) < 4.78 is 5.99. The number of ether oxygens (including phenoxy) is 1. The van der Waals surface area contributed by atoms with E-state index in [-0.39, 0.29) is 18.8 Å². The van der Waals surface area contributed by atoms with Crippen LogP contribution in [0.2, 0.25) is 10.0 Å². The highest BCUT2D eigenvalue weighted by molar-refractivity contribution is 6.36. The van der Waals surface area contributed by atoms with Crippen molar-refractivity contribution in [3.8, 4) is 23.6 Å². The van der Waals surface area contributed by atoms with Crippen LogP contribution in [0.5, 0.6) is 0 Å². The smallest absolute Gasteiger partial charge is 0.148 e. The van der Waals surface area contributed by atoms with Crippen LogP contribution < -0.4 is 5.32 Å². The second-order valence-corrected chi connectivity index (χ2v) is 8.57. The molecule has 32 heavy (non-hydrogen) atoms. The number of hydrogen-bond donors (Lipinski definition) is 1. The van der Waals surface area contributed by atoms with Crippen LogP contribution in [0.1, 0.15) is 42.4 Å². The summed E-state index contributed by atoms with van der Waals surface area (Å²) in [7, 11) is 0. The van der Waals surface area contributed by atoms with Gasteiger partial charge in [0.25, 0.3) is 0 Å². The Labute approximate surface area is 199 Å². The highest BCUT2D eigenvalue weighted by Gasteiger charge is 2.34. The largest absolute Gasteiger partial charge is 0.363 e. The summed E-state index contributed by atoms with van der Waals surface area (Å²) in [5, 5.41) is 4.79. The number of anilines is 1. The van der Waals surface area contributed by atoms with E-state index in [1.165, 1.54) is 11.1 Å². The van der Waals surface area contributed by atoms with Crippen molar-refractivity contribution in [3.05, 3.63) is 75.0 Å². The predicted octanol–water partition coefficient (Wildman–Crippen LogP) is 6.30. The molecule has 0 saturated heterocycles. The molecule has 4 nitrogen and oxygen atoms in total. The number of hydrogen-bond acceptors (Lipinski definition) is 4. The van der Waals surface area contributed by atoms with Gasteiger partial charge in [0.05, 0.1) is 34.3 Å². The monoisotopic (exact) mass is 465 g/mol. The summed E-state index contributed by atoms with van der Waals surface area (Å²) in [5.74, 6) is 3.35. The summed E-state index contributed by atoms with van der Waals surface area (Å²) >= 11 is 12.6. The van der Waals surface area contributed by atoms with E-state index in [1.54, 1.807) is 6.07 Å². The van der Waals surface area contributed by atoms with Gasteiger partial charge in [-0.3, -0.25) is 0 Å². The summed E-state index contributed by atoms with van der Waals surface area (Å²) in [5.41, 5.74) is 5.86. The van der Waals surface area contributed by atoms with Crippen molar-refractivity contribution in [2.24, 2.45) is 0 Å². The molecule has 2 atom stereocenters. The molecule has 0 saturated carbocycles. The molecule has 4 rings (SSSR count). The van der Waals surface area contributed by atoms with E-state index in [9.17, 15) is 0 Å². The summed E-state index contributed by atoms with van der Waals surface area (Å²) in [4.78, 5) is 9.97. The molecule has 0 fully saturated rings. The van der Waals surface area contributed by atoms with Gasteiger partial charge in [-0.05, 0) is 42.2 Å². The van der Waals surface area contributed by atoms with Crippen LogP contribution in [0.15, 0.2) is 42.5 Å². The van der Waals surface area contributed by atoms with Crippen LogP contribution in [0.25, 0.3) is 11.3 Å². The molecule has 1 aliphatic carbocycles. The van der Waals surface area contributed by atoms with Crippen LogP contribution in [0.3, 0.4) is 0 Å². The van der Waals surface area contributed by atoms with Crippen molar-refractivity contribution in [2.75, 3.05) is 11.9 Å². The van der Waals surface area contributed by atoms with Crippen LogP contribution in [0.4, 0.5) is 5.82 Å². The molecule has 0 aliphatic heterocycles. The van der Waals surface area contributed by atoms with Crippen LogP contribution in [-0.2, 0) is 24.0 Å². The van der Waals surface area contributed by atoms with E-state index in [0.29, 0.717) is 10.0 Å². The quantitative estimate of drug-likeness (QED) is 0.415. The standard InChI is InChI=1S/C26H25Cl2N3O/c1-4-13-32-23-14-16-9-7-8-10-18(16)25(23)31-26-22(6-3)29-24(21(5-2)30-26)19-12-11-17(27)15-20(19)28/h1,7-12,15,23,25H,5-6,13-14H2,2-3H3,(H,30,31). The normalized spacial score (nSPS) is 17.1. The number of fused-ring (bicyclic) bond motifs is 1. The van der Waals surface area contributed by atoms with E-state index in [0.717, 1.165) is 47.7 Å². The number of terminal acetylenes is 1. The number of aryl methyl sites for hydroxylation is 2. The number of benzene rings is 2. The van der Waals surface area contributed by atoms with Gasteiger partial charge in [0, 0.05) is 17.0 Å². The zero-order chi connectivity index (χ0) is 22.7. The maximum Gasteiger partial charge on any atom is 0.148 e. The van der Waals surface area contributed by atoms with Gasteiger partial charge in [-0.15, -0.1) is 6.42 Å². The minimum atomic E-state index is -0.0644. The fourth-order valence-electron chi connectivity index (χ4n) is 4.20. The molecule has 2 unspecified atom stereocenters. The Bertz CT molecular complexity index is 1170. The lowest BCUT2D eigenvalue weighted by molar-refractivity contribution is 0.0719. The molecule has 164 valence electrons. The lowest BCUT2D eigenvalue weighted by Crippen LogP contribution is -2.26. The van der Waals surface area contributed by atoms with E-state index >= 15 is 0 Å². The van der Waals surface area contributed by atoms with Gasteiger partial charge in [0.1, 0.15) is 12.4 Å². The minimum Gasteiger partial charge on any atom is -0.363 e. The lowest BCUT2D eigenvalue weighted by Gasteiger charge is -2.24. The van der Waals surface area contributed by atoms with Crippen molar-refractivity contribution in [3.63, 3.8) is 0 Å². The Kier molecular flexibility index (Phi) is 7.01. The van der Waals surface area contributed by atoms with Gasteiger partial charge in [-0.25, -0.2) is 9.97 Å². The second-order valence-electron chi connectivity index (χ2n) is 7.72. The Morgan fingerprint density at radius 3 is 2.59 bits per heavy atom. The average Bonchev–Trinajstić information content (AvgIpc) is 3.15. The van der Waals surface area contributed by atoms with E-state index < -0.39 is 0 Å². The SMILES string of the molecule is C#CCOC1Cc2ccccc2C1Nc1nc(CC)c(-c2ccc(Cl)cc2Cl)nc1CC. The number of halogens is 2. The maximum absolute atomic E-state index is 6.49. The molecule has 0 radical (unpaired) electrons. The first-order chi connectivity index (χ1) is 15.5. The Morgan fingerprint density at radius 2 is 1.88 bits per heavy atom. The van der Waals surface area contributed by atoms with Crippen LogP contribution in [-0.4, -0.2) is 22.7 Å². The number of nitrogens with zero attached hydrogens (tertiary/aromatic N) is 2. The van der Waals surface area contributed by atoms with Gasteiger partial charge >= 0.3 is 0 Å². The highest BCUT2D eigenvalue weighted by atomic mass is 35.5. The van der Waals surface area contributed by atoms with Crippen molar-refractivity contribution >= 4 is 29.0 Å². The molecule has 3 aromatic rings. The Balaban J connectivity index is 1.74. The number of aromatic nitrogens is 2. The average molecular weight is 466 g/mol. The fraction of sp³-hybridized carbons (Fsp3) is 0.308. The lowest BCUT2D eigenvalue weighted by atomic mass is 10.1. The van der Waals surface area contributed by atoms with Crippen molar-refractivity contribution in [1.29, 1.82) is 0 Å². The number of rotatable bonds is 7. The molecule has 1 aromatic heterocycles. The Hall–Kier alpha value is -2.58. The Morgan fingerprint density at radius 1 is 1.09 bits per heavy atom. The van der Waals surface area contributed by atoms with E-state index in [1.807, 2.05) is 18.2 Å². The van der Waals surface area contributed by atoms with Gasteiger partial charge in [-0.1, -0.05) is 67.2 Å². The molecular weight excluding hydrogens is 441 g/mol. The third-order valence-electron chi connectivity index (χ3n) is 5.75. The van der Waals surface area contributed by atoms with Gasteiger partial charge in [-0.2, -0.15) is 0 Å². The topological polar surface area (TPSA) is 47.0 Å². The molecule has 0 bridgehead atoms. The highest BCUT2D eigenvalue weighted by Crippen LogP contribution is 2.37. The first-order valence-electron chi connectivity index (χ1n) is 10.8. The third-order valence-corrected chi connectivity index (χ3v) is 6.30. The van der Waals surface area contributed by atoms with Crippen LogP contribution in [0, 0.1) is 12.3 Å². The second kappa shape index (κ2) is 9.92. The molecule has 6 heteroatoms. The third kappa shape index (κ3) is 4.47. The number of nitrogens with one attached hydrogen (secondary N) is 1. The van der Waals surface area contributed by atoms with Gasteiger partial charge in [0.15, 0.2) is 0 Å². The summed E-state index contributed by atoms with van der Waals surface area (Å²) in [6.07, 6.45) is 7.64. The molecular formula is C26H25Cl2N3O. The first-order valence-corrected chi connectivity index (χ1v) is 11.6. The van der Waals surface area contributed by atoms with E-state index in [4.69, 9.17) is 44.3 Å². The molecule has 0 spiro atoms. The first kappa shape index (κ1) is 22.6. The molecule has 0 amide bonds. The predicted molar refractivity (Wildman–Crippen MR) is 131 cm³/mol. The summed E-state index contributed by atoms with van der Waals surface area (Å²) in [6, 6.07) is 13.8. The zero-order valence-electron chi connectivity index (χ0n) is 18.2. The fourth-order valence-corrected chi connectivity index (χ4v) is 4.70. The van der Waals surface area contributed by atoms with Crippen molar-refractivity contribution < 1.29 is 4.74 Å². The van der Waals surface area contributed by atoms with Crippen molar-refractivity contribution in [2.45, 2.75) is 45.3 Å². The van der Waals surface area contributed by atoms with Gasteiger partial charge in [0.2, 0.25) is 0 Å². The molecule has 1 heterocycles. The van der Waals surface area contributed by atoms with Crippen molar-refractivity contribution in [1.82, 2.24) is 9.97 Å². The van der Waals surface area contributed by atoms with E-state index in [2.05, 4.69) is 43.3 Å². The molecule has 1 aliphatic rings. The maximum atomic E-state index is 6.49. The minimum absolute atomic E-state index is 0.0474. The molecule has 2 aromatic carbocycles. The van der Waals surface area contributed by atoms with Crippen LogP contribution >= 0.6 is 23.2 Å². The van der Waals surface area contributed by atoms with Gasteiger partial charge < -0.3 is 10.1 Å².